The molecule has 0 aliphatic carbocycles. The first-order chi connectivity index (χ1) is 9.56. The molecule has 0 aromatic heterocycles. The van der Waals surface area contributed by atoms with E-state index in [2.05, 4.69) is 19.2 Å². The Hall–Kier alpha value is -1.10. The van der Waals surface area contributed by atoms with E-state index in [0.717, 1.165) is 17.9 Å². The molecule has 0 saturated carbocycles. The number of hydrogen-bond donors (Lipinski definition) is 1. The van der Waals surface area contributed by atoms with Gasteiger partial charge in [-0.1, -0.05) is 26.0 Å². The fourth-order valence-corrected chi connectivity index (χ4v) is 1.96. The van der Waals surface area contributed by atoms with Crippen LogP contribution in [0.1, 0.15) is 32.4 Å². The highest BCUT2D eigenvalue weighted by Crippen LogP contribution is 2.22. The molecular formula is C16H27NO3. The van der Waals surface area contributed by atoms with E-state index in [1.807, 2.05) is 31.2 Å². The van der Waals surface area contributed by atoms with Gasteiger partial charge < -0.3 is 19.5 Å². The average molecular weight is 281 g/mol. The molecule has 0 spiro atoms. The topological polar surface area (TPSA) is 39.7 Å². The van der Waals surface area contributed by atoms with Gasteiger partial charge in [0.1, 0.15) is 5.75 Å². The van der Waals surface area contributed by atoms with Gasteiger partial charge in [0.2, 0.25) is 0 Å². The maximum absolute atomic E-state index is 6.07. The van der Waals surface area contributed by atoms with Crippen LogP contribution in [0.4, 0.5) is 0 Å². The Morgan fingerprint density at radius 2 is 1.70 bits per heavy atom. The Kier molecular flexibility index (Phi) is 7.59. The van der Waals surface area contributed by atoms with E-state index in [1.165, 1.54) is 0 Å². The van der Waals surface area contributed by atoms with Gasteiger partial charge >= 0.3 is 0 Å². The molecule has 1 N–H and O–H groups in total. The van der Waals surface area contributed by atoms with E-state index in [1.54, 1.807) is 14.2 Å². The van der Waals surface area contributed by atoms with Gasteiger partial charge in [-0.15, -0.1) is 0 Å². The van der Waals surface area contributed by atoms with Crippen LogP contribution in [-0.2, 0) is 9.47 Å². The third-order valence-corrected chi connectivity index (χ3v) is 3.00. The molecule has 0 aliphatic heterocycles. The molecule has 4 heteroatoms. The normalized spacial score (nSPS) is 14.3. The van der Waals surface area contributed by atoms with E-state index in [4.69, 9.17) is 14.2 Å². The van der Waals surface area contributed by atoms with Crippen molar-refractivity contribution in [3.8, 4) is 5.75 Å². The summed E-state index contributed by atoms with van der Waals surface area (Å²) in [5.41, 5.74) is 1.14. The molecule has 0 heterocycles. The molecule has 1 rings (SSSR count). The minimum atomic E-state index is 0.00783. The molecule has 0 bridgehead atoms. The number of nitrogens with one attached hydrogen (secondary N) is 1. The zero-order chi connectivity index (χ0) is 15.0. The molecule has 0 aliphatic rings. The van der Waals surface area contributed by atoms with Crippen LogP contribution in [0.3, 0.4) is 0 Å². The molecule has 0 saturated heterocycles. The Labute approximate surface area is 122 Å². The molecule has 2 unspecified atom stereocenters. The van der Waals surface area contributed by atoms with E-state index in [-0.39, 0.29) is 12.2 Å². The van der Waals surface area contributed by atoms with E-state index >= 15 is 0 Å². The second-order valence-corrected chi connectivity index (χ2v) is 5.23. The van der Waals surface area contributed by atoms with Gasteiger partial charge in [0.05, 0.1) is 25.9 Å². The van der Waals surface area contributed by atoms with Crippen LogP contribution in [-0.4, -0.2) is 39.5 Å². The molecule has 20 heavy (non-hydrogen) atoms. The molecule has 114 valence electrons. The van der Waals surface area contributed by atoms with Crippen LogP contribution in [0.5, 0.6) is 5.75 Å². The number of methoxy groups -OCH3 is 2. The van der Waals surface area contributed by atoms with Crippen molar-refractivity contribution < 1.29 is 14.2 Å². The summed E-state index contributed by atoms with van der Waals surface area (Å²) < 4.78 is 16.4. The summed E-state index contributed by atoms with van der Waals surface area (Å²) >= 11 is 0. The lowest BCUT2D eigenvalue weighted by molar-refractivity contribution is -0.0399. The van der Waals surface area contributed by atoms with Crippen LogP contribution in [0, 0.1) is 0 Å². The maximum atomic E-state index is 6.07. The fraction of sp³-hybridized carbons (Fsp3) is 0.625. The van der Waals surface area contributed by atoms with Crippen molar-refractivity contribution in [3.63, 3.8) is 0 Å². The van der Waals surface area contributed by atoms with Crippen molar-refractivity contribution in [1.29, 1.82) is 0 Å². The SMILES string of the molecule is COCC(C)OC(CNC(C)C)c1ccc(OC)cc1. The number of rotatable bonds is 9. The Morgan fingerprint density at radius 3 is 2.20 bits per heavy atom. The van der Waals surface area contributed by atoms with Gasteiger partial charge in [-0.25, -0.2) is 0 Å². The first-order valence-electron chi connectivity index (χ1n) is 7.08. The van der Waals surface area contributed by atoms with Crippen molar-refractivity contribution in [3.05, 3.63) is 29.8 Å². The summed E-state index contributed by atoms with van der Waals surface area (Å²) in [4.78, 5) is 0. The smallest absolute Gasteiger partial charge is 0.118 e. The summed E-state index contributed by atoms with van der Waals surface area (Å²) in [6.45, 7) is 7.65. The molecular weight excluding hydrogens is 254 g/mol. The number of benzene rings is 1. The van der Waals surface area contributed by atoms with Crippen molar-refractivity contribution in [2.24, 2.45) is 0 Å². The number of hydrogen-bond acceptors (Lipinski definition) is 4. The monoisotopic (exact) mass is 281 g/mol. The van der Waals surface area contributed by atoms with Gasteiger partial charge in [0.15, 0.2) is 0 Å². The maximum Gasteiger partial charge on any atom is 0.118 e. The van der Waals surface area contributed by atoms with E-state index < -0.39 is 0 Å². The largest absolute Gasteiger partial charge is 0.497 e. The van der Waals surface area contributed by atoms with Gasteiger partial charge in [0.25, 0.3) is 0 Å². The predicted molar refractivity (Wildman–Crippen MR) is 81.3 cm³/mol. The lowest BCUT2D eigenvalue weighted by Gasteiger charge is -2.24. The van der Waals surface area contributed by atoms with Gasteiger partial charge in [-0.3, -0.25) is 0 Å². The van der Waals surface area contributed by atoms with Crippen LogP contribution in [0.25, 0.3) is 0 Å². The van der Waals surface area contributed by atoms with Crippen LogP contribution < -0.4 is 10.1 Å². The summed E-state index contributed by atoms with van der Waals surface area (Å²) in [5.74, 6) is 0.856. The average Bonchev–Trinajstić information content (AvgIpc) is 2.43. The van der Waals surface area contributed by atoms with Crippen molar-refractivity contribution in [2.75, 3.05) is 27.4 Å². The fourth-order valence-electron chi connectivity index (χ4n) is 1.96. The molecule has 1 aromatic rings. The minimum Gasteiger partial charge on any atom is -0.497 e. The first kappa shape index (κ1) is 17.0. The van der Waals surface area contributed by atoms with E-state index in [9.17, 15) is 0 Å². The van der Waals surface area contributed by atoms with Gasteiger partial charge in [0, 0.05) is 19.7 Å². The summed E-state index contributed by atoms with van der Waals surface area (Å²) in [6, 6.07) is 8.44. The Morgan fingerprint density at radius 1 is 1.05 bits per heavy atom. The molecule has 4 nitrogen and oxygen atoms in total. The highest BCUT2D eigenvalue weighted by molar-refractivity contribution is 5.28. The van der Waals surface area contributed by atoms with Crippen LogP contribution in [0.2, 0.25) is 0 Å². The third-order valence-electron chi connectivity index (χ3n) is 3.00. The second-order valence-electron chi connectivity index (χ2n) is 5.23. The van der Waals surface area contributed by atoms with Crippen molar-refractivity contribution in [1.82, 2.24) is 5.32 Å². The third kappa shape index (κ3) is 5.90. The van der Waals surface area contributed by atoms with Crippen molar-refractivity contribution in [2.45, 2.75) is 39.0 Å². The molecule has 1 aromatic carbocycles. The van der Waals surface area contributed by atoms with Crippen LogP contribution >= 0.6 is 0 Å². The predicted octanol–water partition coefficient (Wildman–Crippen LogP) is 2.79. The zero-order valence-corrected chi connectivity index (χ0v) is 13.2. The second kappa shape index (κ2) is 8.95. The van der Waals surface area contributed by atoms with E-state index in [0.29, 0.717) is 12.6 Å². The quantitative estimate of drug-likeness (QED) is 0.755. The minimum absolute atomic E-state index is 0.00783. The highest BCUT2D eigenvalue weighted by atomic mass is 16.5. The first-order valence-corrected chi connectivity index (χ1v) is 7.08. The lowest BCUT2D eigenvalue weighted by Crippen LogP contribution is -2.31. The Bertz CT molecular complexity index is 364. The zero-order valence-electron chi connectivity index (χ0n) is 13.2. The number of ether oxygens (including phenoxy) is 3. The standard InChI is InChI=1S/C16H27NO3/c1-12(2)17-10-16(20-13(3)11-18-4)14-6-8-15(19-5)9-7-14/h6-9,12-13,16-17H,10-11H2,1-5H3. The van der Waals surface area contributed by atoms with Gasteiger partial charge in [-0.05, 0) is 24.6 Å². The molecule has 2 atom stereocenters. The van der Waals surface area contributed by atoms with Crippen LogP contribution in [0.15, 0.2) is 24.3 Å². The van der Waals surface area contributed by atoms with Gasteiger partial charge in [-0.2, -0.15) is 0 Å². The van der Waals surface area contributed by atoms with Crippen molar-refractivity contribution >= 4 is 0 Å². The summed E-state index contributed by atoms with van der Waals surface area (Å²) in [5, 5.41) is 3.42. The molecule has 0 radical (unpaired) electrons. The molecule has 0 fully saturated rings. The summed E-state index contributed by atoms with van der Waals surface area (Å²) in [7, 11) is 3.36. The highest BCUT2D eigenvalue weighted by Gasteiger charge is 2.16. The molecule has 0 amide bonds. The summed E-state index contributed by atoms with van der Waals surface area (Å²) in [6.07, 6.45) is 0.0644. The Balaban J connectivity index is 2.73. The lowest BCUT2D eigenvalue weighted by atomic mass is 10.1.